The smallest absolute Gasteiger partial charge is 0.137 e. The van der Waals surface area contributed by atoms with E-state index in [2.05, 4.69) is 4.98 Å². The summed E-state index contributed by atoms with van der Waals surface area (Å²) in [5.41, 5.74) is 1.62. The molecule has 4 nitrogen and oxygen atoms in total. The molecule has 0 fully saturated rings. The highest BCUT2D eigenvalue weighted by molar-refractivity contribution is 6.30. The van der Waals surface area contributed by atoms with E-state index >= 15 is 0 Å². The minimum absolute atomic E-state index is 0.180. The monoisotopic (exact) mass is 274 g/mol. The van der Waals surface area contributed by atoms with E-state index in [0.29, 0.717) is 17.4 Å². The molecule has 0 unspecified atom stereocenters. The summed E-state index contributed by atoms with van der Waals surface area (Å²) in [6, 6.07) is 10.3. The Morgan fingerprint density at radius 1 is 1.21 bits per heavy atom. The summed E-state index contributed by atoms with van der Waals surface area (Å²) >= 11 is 5.91. The van der Waals surface area contributed by atoms with E-state index < -0.39 is 0 Å². The van der Waals surface area contributed by atoms with Crippen molar-refractivity contribution in [2.45, 2.75) is 6.61 Å². The van der Waals surface area contributed by atoms with Crippen molar-refractivity contribution in [3.63, 3.8) is 0 Å². The molecule has 0 bridgehead atoms. The number of hydrogen-bond donors (Lipinski definition) is 1. The summed E-state index contributed by atoms with van der Waals surface area (Å²) in [7, 11) is 0. The zero-order valence-corrected chi connectivity index (χ0v) is 10.7. The third kappa shape index (κ3) is 2.63. The molecule has 2 aromatic heterocycles. The Kier molecular flexibility index (Phi) is 3.01. The van der Waals surface area contributed by atoms with Gasteiger partial charge in [-0.3, -0.25) is 0 Å². The van der Waals surface area contributed by atoms with Gasteiger partial charge in [0, 0.05) is 18.5 Å². The SMILES string of the molecule is Oc1cccc(OCc2cn3cc(Cl)ccc3n2)c1. The Bertz CT molecular complexity index is 724. The molecule has 0 aliphatic carbocycles. The first-order valence-electron chi connectivity index (χ1n) is 5.76. The molecule has 96 valence electrons. The van der Waals surface area contributed by atoms with E-state index in [1.165, 1.54) is 0 Å². The number of rotatable bonds is 3. The van der Waals surface area contributed by atoms with Gasteiger partial charge in [0.15, 0.2) is 0 Å². The van der Waals surface area contributed by atoms with Crippen molar-refractivity contribution < 1.29 is 9.84 Å². The molecule has 19 heavy (non-hydrogen) atoms. The van der Waals surface area contributed by atoms with Gasteiger partial charge in [-0.25, -0.2) is 4.98 Å². The largest absolute Gasteiger partial charge is 0.508 e. The Morgan fingerprint density at radius 3 is 2.95 bits per heavy atom. The fourth-order valence-corrected chi connectivity index (χ4v) is 1.99. The average Bonchev–Trinajstić information content (AvgIpc) is 2.78. The molecule has 3 aromatic rings. The highest BCUT2D eigenvalue weighted by Crippen LogP contribution is 2.19. The van der Waals surface area contributed by atoms with Gasteiger partial charge < -0.3 is 14.2 Å². The number of benzene rings is 1. The van der Waals surface area contributed by atoms with E-state index in [0.717, 1.165) is 11.3 Å². The van der Waals surface area contributed by atoms with E-state index in [4.69, 9.17) is 16.3 Å². The molecule has 2 heterocycles. The Balaban J connectivity index is 1.78. The van der Waals surface area contributed by atoms with E-state index in [-0.39, 0.29) is 5.75 Å². The minimum atomic E-state index is 0.180. The molecule has 0 saturated carbocycles. The van der Waals surface area contributed by atoms with Crippen LogP contribution in [0.3, 0.4) is 0 Å². The predicted octanol–water partition coefficient (Wildman–Crippen LogP) is 3.27. The van der Waals surface area contributed by atoms with E-state index in [1.807, 2.05) is 16.7 Å². The summed E-state index contributed by atoms with van der Waals surface area (Å²) in [6.45, 7) is 0.336. The van der Waals surface area contributed by atoms with Crippen LogP contribution in [-0.2, 0) is 6.61 Å². The molecule has 1 N–H and O–H groups in total. The maximum Gasteiger partial charge on any atom is 0.137 e. The molecule has 0 amide bonds. The number of aromatic nitrogens is 2. The van der Waals surface area contributed by atoms with Gasteiger partial charge in [0.2, 0.25) is 0 Å². The molecule has 0 saturated heterocycles. The fourth-order valence-electron chi connectivity index (χ4n) is 1.82. The molecule has 0 spiro atoms. The maximum absolute atomic E-state index is 9.34. The molecule has 0 aliphatic rings. The Hall–Kier alpha value is -2.20. The second-order valence-corrected chi connectivity index (χ2v) is 4.57. The van der Waals surface area contributed by atoms with Crippen LogP contribution in [0.25, 0.3) is 5.65 Å². The zero-order chi connectivity index (χ0) is 13.2. The first-order chi connectivity index (χ1) is 9.20. The minimum Gasteiger partial charge on any atom is -0.508 e. The maximum atomic E-state index is 9.34. The number of nitrogens with zero attached hydrogens (tertiary/aromatic N) is 2. The standard InChI is InChI=1S/C14H11ClN2O2/c15-10-4-5-14-16-11(8-17(14)7-10)9-19-13-3-1-2-12(18)6-13/h1-8,18H,9H2. The van der Waals surface area contributed by atoms with Gasteiger partial charge in [-0.15, -0.1) is 0 Å². The lowest BCUT2D eigenvalue weighted by Crippen LogP contribution is -1.95. The summed E-state index contributed by atoms with van der Waals surface area (Å²) in [4.78, 5) is 4.41. The first-order valence-corrected chi connectivity index (χ1v) is 6.13. The lowest BCUT2D eigenvalue weighted by atomic mass is 10.3. The van der Waals surface area contributed by atoms with Crippen molar-refractivity contribution in [3.8, 4) is 11.5 Å². The third-order valence-corrected chi connectivity index (χ3v) is 2.89. The molecule has 5 heteroatoms. The van der Waals surface area contributed by atoms with Crippen LogP contribution in [0.2, 0.25) is 5.02 Å². The zero-order valence-electron chi connectivity index (χ0n) is 9.95. The fraction of sp³-hybridized carbons (Fsp3) is 0.0714. The first kappa shape index (κ1) is 11.9. The molecule has 0 radical (unpaired) electrons. The van der Waals surface area contributed by atoms with Gasteiger partial charge in [0.1, 0.15) is 23.8 Å². The molecule has 3 rings (SSSR count). The number of imidazole rings is 1. The lowest BCUT2D eigenvalue weighted by molar-refractivity contribution is 0.300. The second-order valence-electron chi connectivity index (χ2n) is 4.13. The Morgan fingerprint density at radius 2 is 2.11 bits per heavy atom. The van der Waals surface area contributed by atoms with Crippen molar-refractivity contribution in [2.75, 3.05) is 0 Å². The predicted molar refractivity (Wildman–Crippen MR) is 72.6 cm³/mol. The molecular formula is C14H11ClN2O2. The number of phenols is 1. The van der Waals surface area contributed by atoms with Crippen LogP contribution in [0.4, 0.5) is 0 Å². The van der Waals surface area contributed by atoms with Crippen molar-refractivity contribution in [2.24, 2.45) is 0 Å². The molecular weight excluding hydrogens is 264 g/mol. The van der Waals surface area contributed by atoms with Crippen LogP contribution in [0.15, 0.2) is 48.8 Å². The third-order valence-electron chi connectivity index (χ3n) is 2.67. The summed E-state index contributed by atoms with van der Waals surface area (Å²) in [5, 5.41) is 10.00. The average molecular weight is 275 g/mol. The summed E-state index contributed by atoms with van der Waals surface area (Å²) in [6.07, 6.45) is 3.66. The quantitative estimate of drug-likeness (QED) is 0.797. The normalized spacial score (nSPS) is 10.8. The highest BCUT2D eigenvalue weighted by Gasteiger charge is 2.03. The number of aromatic hydroxyl groups is 1. The van der Waals surface area contributed by atoms with Crippen LogP contribution in [0.5, 0.6) is 11.5 Å². The van der Waals surface area contributed by atoms with Crippen LogP contribution in [-0.4, -0.2) is 14.5 Å². The van der Waals surface area contributed by atoms with Crippen LogP contribution in [0.1, 0.15) is 5.69 Å². The number of fused-ring (bicyclic) bond motifs is 1. The van der Waals surface area contributed by atoms with Gasteiger partial charge in [0.25, 0.3) is 0 Å². The van der Waals surface area contributed by atoms with Gasteiger partial charge in [-0.1, -0.05) is 17.7 Å². The van der Waals surface area contributed by atoms with Crippen LogP contribution < -0.4 is 4.74 Å². The van der Waals surface area contributed by atoms with Crippen molar-refractivity contribution in [1.82, 2.24) is 9.38 Å². The Labute approximate surface area is 114 Å². The van der Waals surface area contributed by atoms with Gasteiger partial charge >= 0.3 is 0 Å². The van der Waals surface area contributed by atoms with Crippen molar-refractivity contribution in [3.05, 3.63) is 59.5 Å². The molecule has 1 aromatic carbocycles. The van der Waals surface area contributed by atoms with Gasteiger partial charge in [-0.05, 0) is 24.3 Å². The number of pyridine rings is 1. The van der Waals surface area contributed by atoms with Crippen LogP contribution >= 0.6 is 11.6 Å². The van der Waals surface area contributed by atoms with E-state index in [9.17, 15) is 5.11 Å². The summed E-state index contributed by atoms with van der Waals surface area (Å²) in [5.74, 6) is 0.786. The van der Waals surface area contributed by atoms with E-state index in [1.54, 1.807) is 36.5 Å². The van der Waals surface area contributed by atoms with Crippen molar-refractivity contribution in [1.29, 1.82) is 0 Å². The molecule has 0 aliphatic heterocycles. The lowest BCUT2D eigenvalue weighted by Gasteiger charge is -2.03. The number of phenolic OH excluding ortho intramolecular Hbond substituents is 1. The molecule has 0 atom stereocenters. The van der Waals surface area contributed by atoms with Gasteiger partial charge in [-0.2, -0.15) is 0 Å². The number of halogens is 1. The van der Waals surface area contributed by atoms with Gasteiger partial charge in [0.05, 0.1) is 10.7 Å². The highest BCUT2D eigenvalue weighted by atomic mass is 35.5. The second kappa shape index (κ2) is 4.82. The number of hydrogen-bond acceptors (Lipinski definition) is 3. The summed E-state index contributed by atoms with van der Waals surface area (Å²) < 4.78 is 7.41. The van der Waals surface area contributed by atoms with Crippen molar-refractivity contribution >= 4 is 17.2 Å². The topological polar surface area (TPSA) is 46.8 Å². The van der Waals surface area contributed by atoms with Crippen LogP contribution in [0, 0.1) is 0 Å². The number of ether oxygens (including phenoxy) is 1.